The number of halogens is 1. The van der Waals surface area contributed by atoms with Crippen molar-refractivity contribution in [2.45, 2.75) is 39.2 Å². The number of nitrogens with two attached hydrogens (primary N) is 1. The number of ether oxygens (including phenoxy) is 3. The van der Waals surface area contributed by atoms with Gasteiger partial charge in [0.2, 0.25) is 11.8 Å². The molecule has 1 aliphatic rings. The Morgan fingerprint density at radius 3 is 2.73 bits per heavy atom. The van der Waals surface area contributed by atoms with Crippen molar-refractivity contribution in [3.63, 3.8) is 0 Å². The molecule has 2 aromatic carbocycles. The summed E-state index contributed by atoms with van der Waals surface area (Å²) < 4.78 is 31.3. The van der Waals surface area contributed by atoms with Crippen LogP contribution in [0.2, 0.25) is 0 Å². The van der Waals surface area contributed by atoms with Crippen molar-refractivity contribution in [1.29, 1.82) is 5.26 Å². The molecule has 0 fully saturated rings. The Labute approximate surface area is 191 Å². The summed E-state index contributed by atoms with van der Waals surface area (Å²) >= 11 is 0. The van der Waals surface area contributed by atoms with Gasteiger partial charge >= 0.3 is 0 Å². The number of fused-ring (bicyclic) bond motifs is 1. The normalized spacial score (nSPS) is 14.9. The Hall–Kier alpha value is -3.99. The number of aryl methyl sites for hydroxylation is 1. The molecule has 0 spiro atoms. The first-order valence-corrected chi connectivity index (χ1v) is 10.8. The first-order chi connectivity index (χ1) is 16.1. The first kappa shape index (κ1) is 22.2. The van der Waals surface area contributed by atoms with E-state index in [0.29, 0.717) is 35.1 Å². The van der Waals surface area contributed by atoms with Crippen LogP contribution in [0, 0.1) is 17.1 Å². The Balaban J connectivity index is 1.73. The molecule has 0 saturated carbocycles. The lowest BCUT2D eigenvalue weighted by molar-refractivity contribution is 0.265. The van der Waals surface area contributed by atoms with Gasteiger partial charge in [0, 0.05) is 16.8 Å². The Morgan fingerprint density at radius 2 is 2.00 bits per heavy atom. The minimum Gasteiger partial charge on any atom is -0.490 e. The molecule has 0 radical (unpaired) electrons. The Kier molecular flexibility index (Phi) is 6.50. The van der Waals surface area contributed by atoms with Crippen LogP contribution in [-0.2, 0) is 13.0 Å². The summed E-state index contributed by atoms with van der Waals surface area (Å²) in [4.78, 5) is 0. The molecule has 1 unspecified atom stereocenters. The smallest absolute Gasteiger partial charge is 0.244 e. The molecule has 4 rings (SSSR count). The molecule has 3 N–H and O–H groups in total. The van der Waals surface area contributed by atoms with Gasteiger partial charge in [0.25, 0.3) is 0 Å². The molecule has 0 bridgehead atoms. The number of nitrogens with one attached hydrogen (secondary N) is 1. The van der Waals surface area contributed by atoms with Crippen LogP contribution < -0.4 is 19.9 Å². The highest BCUT2D eigenvalue weighted by Crippen LogP contribution is 2.45. The van der Waals surface area contributed by atoms with Crippen molar-refractivity contribution in [2.24, 2.45) is 5.73 Å². The third-order valence-corrected chi connectivity index (χ3v) is 5.46. The summed E-state index contributed by atoms with van der Waals surface area (Å²) in [6.45, 7) is 4.41. The topological polar surface area (TPSA) is 106 Å². The highest BCUT2D eigenvalue weighted by Gasteiger charge is 2.35. The van der Waals surface area contributed by atoms with Gasteiger partial charge in [0.15, 0.2) is 11.5 Å². The monoisotopic (exact) mass is 448 g/mol. The van der Waals surface area contributed by atoms with Crippen LogP contribution >= 0.6 is 0 Å². The van der Waals surface area contributed by atoms with Crippen molar-refractivity contribution >= 4 is 0 Å². The molecule has 33 heavy (non-hydrogen) atoms. The fraction of sp³-hybridized carbons (Fsp3) is 0.280. The number of rotatable bonds is 8. The molecule has 0 amide bonds. The first-order valence-electron chi connectivity index (χ1n) is 10.8. The van der Waals surface area contributed by atoms with E-state index in [4.69, 9.17) is 19.9 Å². The second-order valence-electron chi connectivity index (χ2n) is 7.62. The number of aromatic nitrogens is 2. The van der Waals surface area contributed by atoms with Crippen LogP contribution in [0.3, 0.4) is 0 Å². The number of hydrogen-bond donors (Lipinski definition) is 2. The summed E-state index contributed by atoms with van der Waals surface area (Å²) in [6, 6.07) is 14.1. The maximum atomic E-state index is 14.0. The molecule has 170 valence electrons. The predicted molar refractivity (Wildman–Crippen MR) is 120 cm³/mol. The number of benzene rings is 2. The van der Waals surface area contributed by atoms with Crippen molar-refractivity contribution in [3.8, 4) is 23.4 Å². The largest absolute Gasteiger partial charge is 0.490 e. The summed E-state index contributed by atoms with van der Waals surface area (Å²) in [5.74, 6) is 0.590. The van der Waals surface area contributed by atoms with Crippen LogP contribution in [0.4, 0.5) is 4.39 Å². The quantitative estimate of drug-likeness (QED) is 0.518. The lowest BCUT2D eigenvalue weighted by atomic mass is 9.83. The van der Waals surface area contributed by atoms with Crippen molar-refractivity contribution < 1.29 is 18.6 Å². The Bertz CT molecular complexity index is 1230. The van der Waals surface area contributed by atoms with E-state index in [0.717, 1.165) is 29.7 Å². The van der Waals surface area contributed by atoms with Crippen LogP contribution in [-0.4, -0.2) is 16.8 Å². The average Bonchev–Trinajstić information content (AvgIpc) is 3.20. The van der Waals surface area contributed by atoms with E-state index in [-0.39, 0.29) is 18.3 Å². The zero-order valence-corrected chi connectivity index (χ0v) is 18.5. The molecule has 7 nitrogen and oxygen atoms in total. The number of allylic oxidation sites excluding steroid dienone is 1. The second kappa shape index (κ2) is 9.65. The van der Waals surface area contributed by atoms with Crippen LogP contribution in [0.1, 0.15) is 48.6 Å². The molecule has 1 atom stereocenters. The van der Waals surface area contributed by atoms with Gasteiger partial charge in [-0.3, -0.25) is 5.10 Å². The summed E-state index contributed by atoms with van der Waals surface area (Å²) in [6.07, 6.45) is 1.65. The molecule has 1 aromatic heterocycles. The summed E-state index contributed by atoms with van der Waals surface area (Å²) in [5.41, 5.74) is 9.30. The zero-order valence-electron chi connectivity index (χ0n) is 18.5. The van der Waals surface area contributed by atoms with Gasteiger partial charge in [-0.15, -0.1) is 5.10 Å². The predicted octanol–water partition coefficient (Wildman–Crippen LogP) is 4.70. The lowest BCUT2D eigenvalue weighted by Crippen LogP contribution is -2.21. The van der Waals surface area contributed by atoms with Crippen LogP contribution in [0.25, 0.3) is 0 Å². The maximum Gasteiger partial charge on any atom is 0.244 e. The van der Waals surface area contributed by atoms with E-state index in [1.807, 2.05) is 19.1 Å². The van der Waals surface area contributed by atoms with E-state index in [1.54, 1.807) is 24.3 Å². The van der Waals surface area contributed by atoms with Crippen LogP contribution in [0.5, 0.6) is 17.4 Å². The van der Waals surface area contributed by atoms with E-state index < -0.39 is 5.92 Å². The van der Waals surface area contributed by atoms with E-state index in [9.17, 15) is 9.65 Å². The maximum absolute atomic E-state index is 14.0. The summed E-state index contributed by atoms with van der Waals surface area (Å²) in [7, 11) is 0. The standard InChI is InChI=1S/C25H25FN4O3/c1-3-7-19-23-22(17(13-27)24(28)33-25(23)30-29-19)15-10-11-20(21(12-15)31-4-2)32-14-16-8-5-6-9-18(16)26/h5-6,8-12,22H,3-4,7,14,28H2,1-2H3,(H,29,30). The highest BCUT2D eigenvalue weighted by atomic mass is 19.1. The number of H-pyrrole nitrogens is 1. The molecule has 2 heterocycles. The van der Waals surface area contributed by atoms with Gasteiger partial charge in [0.05, 0.1) is 12.5 Å². The molecule has 0 saturated heterocycles. The number of aromatic amines is 1. The van der Waals surface area contributed by atoms with Gasteiger partial charge in [-0.25, -0.2) is 4.39 Å². The van der Waals surface area contributed by atoms with Crippen LogP contribution in [0.15, 0.2) is 53.9 Å². The zero-order chi connectivity index (χ0) is 23.4. The van der Waals surface area contributed by atoms with Gasteiger partial charge in [0.1, 0.15) is 24.1 Å². The fourth-order valence-electron chi connectivity index (χ4n) is 3.95. The van der Waals surface area contributed by atoms with E-state index in [2.05, 4.69) is 23.2 Å². The van der Waals surface area contributed by atoms with E-state index in [1.165, 1.54) is 6.07 Å². The van der Waals surface area contributed by atoms with Crippen molar-refractivity contribution in [2.75, 3.05) is 6.61 Å². The lowest BCUT2D eigenvalue weighted by Gasteiger charge is -2.25. The van der Waals surface area contributed by atoms with Gasteiger partial charge in [-0.05, 0) is 37.1 Å². The van der Waals surface area contributed by atoms with Crippen molar-refractivity contribution in [3.05, 3.63) is 82.1 Å². The molecule has 0 aliphatic carbocycles. The van der Waals surface area contributed by atoms with Gasteiger partial charge in [-0.1, -0.05) is 37.6 Å². The molecular formula is C25H25FN4O3. The fourth-order valence-corrected chi connectivity index (χ4v) is 3.95. The highest BCUT2D eigenvalue weighted by molar-refractivity contribution is 5.57. The third kappa shape index (κ3) is 4.35. The second-order valence-corrected chi connectivity index (χ2v) is 7.62. The Morgan fingerprint density at radius 1 is 1.18 bits per heavy atom. The number of nitriles is 1. The number of hydrogen-bond acceptors (Lipinski definition) is 6. The SMILES string of the molecule is CCCc1[nH]nc2c1C(c1ccc(OCc3ccccc3F)c(OCC)c1)C(C#N)=C(N)O2. The molecule has 3 aromatic rings. The average molecular weight is 448 g/mol. The molecule has 1 aliphatic heterocycles. The minimum atomic E-state index is -0.459. The third-order valence-electron chi connectivity index (χ3n) is 5.46. The summed E-state index contributed by atoms with van der Waals surface area (Å²) in [5, 5.41) is 17.1. The number of nitrogens with zero attached hydrogens (tertiary/aromatic N) is 2. The van der Waals surface area contributed by atoms with Crippen molar-refractivity contribution in [1.82, 2.24) is 10.2 Å². The van der Waals surface area contributed by atoms with E-state index >= 15 is 0 Å². The minimum absolute atomic E-state index is 0.0300. The van der Waals surface area contributed by atoms with Gasteiger partial charge in [-0.2, -0.15) is 5.26 Å². The van der Waals surface area contributed by atoms with Gasteiger partial charge < -0.3 is 19.9 Å². The molecular weight excluding hydrogens is 423 g/mol. The molecule has 8 heteroatoms.